The Bertz CT molecular complexity index is 1150. The monoisotopic (exact) mass is 458 g/mol. The van der Waals surface area contributed by atoms with Crippen molar-refractivity contribution in [2.45, 2.75) is 32.3 Å². The fraction of sp³-hybridized carbons (Fsp3) is 0.333. The molecule has 2 amide bonds. The molecular formula is C21H22N4O4S2. The van der Waals surface area contributed by atoms with Crippen LogP contribution >= 0.6 is 22.9 Å². The lowest BCUT2D eigenvalue weighted by atomic mass is 9.93. The number of thiophene rings is 1. The highest BCUT2D eigenvalue weighted by Gasteiger charge is 2.30. The first kappa shape index (κ1) is 21.4. The van der Waals surface area contributed by atoms with Gasteiger partial charge in [-0.25, -0.2) is 9.36 Å². The number of fused-ring (bicyclic) bond motifs is 3. The van der Waals surface area contributed by atoms with E-state index in [2.05, 4.69) is 9.36 Å². The quantitative estimate of drug-likeness (QED) is 0.586. The number of amides is 2. The minimum Gasteiger partial charge on any atom is -0.444 e. The maximum Gasteiger partial charge on any atom is 0.272 e. The summed E-state index contributed by atoms with van der Waals surface area (Å²) in [6, 6.07) is 3.23. The van der Waals surface area contributed by atoms with Gasteiger partial charge in [-0.05, 0) is 61.5 Å². The highest BCUT2D eigenvalue weighted by Crippen LogP contribution is 2.49. The number of pyridine rings is 1. The zero-order valence-electron chi connectivity index (χ0n) is 17.3. The van der Waals surface area contributed by atoms with Crippen LogP contribution in [0, 0.1) is 0 Å². The van der Waals surface area contributed by atoms with Crippen LogP contribution in [-0.2, 0) is 12.8 Å². The van der Waals surface area contributed by atoms with Crippen molar-refractivity contribution in [1.29, 1.82) is 0 Å². The van der Waals surface area contributed by atoms with Crippen molar-refractivity contribution in [3.05, 3.63) is 46.2 Å². The summed E-state index contributed by atoms with van der Waals surface area (Å²) in [5.74, 6) is -0.330. The van der Waals surface area contributed by atoms with Gasteiger partial charge in [-0.1, -0.05) is 11.3 Å². The second-order valence-electron chi connectivity index (χ2n) is 8.07. The summed E-state index contributed by atoms with van der Waals surface area (Å²) in [4.78, 5) is 31.6. The fourth-order valence-corrected chi connectivity index (χ4v) is 5.61. The Balaban J connectivity index is 1.60. The van der Waals surface area contributed by atoms with Gasteiger partial charge in [-0.15, -0.1) is 0 Å². The van der Waals surface area contributed by atoms with Crippen LogP contribution in [0.3, 0.4) is 0 Å². The van der Waals surface area contributed by atoms with Crippen LogP contribution < -0.4 is 10.5 Å². The summed E-state index contributed by atoms with van der Waals surface area (Å²) in [5, 5.41) is 10.5. The summed E-state index contributed by atoms with van der Waals surface area (Å²) in [7, 11) is 1.61. The predicted molar refractivity (Wildman–Crippen MR) is 119 cm³/mol. The topological polar surface area (TPSA) is 119 Å². The third kappa shape index (κ3) is 4.32. The molecule has 0 saturated heterocycles. The average Bonchev–Trinajstić information content (AvgIpc) is 3.31. The van der Waals surface area contributed by atoms with Crippen LogP contribution in [0.5, 0.6) is 10.8 Å². The molecule has 0 bridgehead atoms. The Labute approximate surface area is 187 Å². The molecular weight excluding hydrogens is 436 g/mol. The molecule has 0 aromatic carbocycles. The van der Waals surface area contributed by atoms with E-state index >= 15 is 0 Å². The number of primary amides is 1. The van der Waals surface area contributed by atoms with E-state index in [0.717, 1.165) is 28.0 Å². The van der Waals surface area contributed by atoms with Crippen molar-refractivity contribution >= 4 is 34.7 Å². The normalized spacial score (nSPS) is 12.8. The zero-order valence-corrected chi connectivity index (χ0v) is 19.0. The maximum atomic E-state index is 12.5. The van der Waals surface area contributed by atoms with E-state index < -0.39 is 11.5 Å². The number of aliphatic hydroxyl groups is 1. The Morgan fingerprint density at radius 2 is 2.06 bits per heavy atom. The standard InChI is InChI=1S/C21H22N4O4S2/c1-21(2,28)10-25(3)19(27)14-7-5-12(9-23-14)29-20-15-13(17(30-20)18(22)26)6-4-11-8-24-31-16(11)15/h5,7-9,28H,4,6,10H2,1-3H3,(H2,22,26). The average molecular weight is 459 g/mol. The lowest BCUT2D eigenvalue weighted by molar-refractivity contribution is 0.0365. The van der Waals surface area contributed by atoms with E-state index in [-0.39, 0.29) is 18.1 Å². The van der Waals surface area contributed by atoms with Crippen LogP contribution in [0.15, 0.2) is 24.5 Å². The van der Waals surface area contributed by atoms with Gasteiger partial charge >= 0.3 is 0 Å². The Morgan fingerprint density at radius 3 is 2.71 bits per heavy atom. The molecule has 8 nitrogen and oxygen atoms in total. The Morgan fingerprint density at radius 1 is 1.29 bits per heavy atom. The van der Waals surface area contributed by atoms with Gasteiger partial charge in [0.2, 0.25) is 0 Å². The van der Waals surface area contributed by atoms with Gasteiger partial charge in [0.15, 0.2) is 5.06 Å². The second-order valence-corrected chi connectivity index (χ2v) is 9.86. The molecule has 3 N–H and O–H groups in total. The number of carbonyl (C=O) groups is 2. The van der Waals surface area contributed by atoms with Crippen molar-refractivity contribution in [1.82, 2.24) is 14.3 Å². The molecule has 0 radical (unpaired) electrons. The van der Waals surface area contributed by atoms with Gasteiger partial charge in [0.1, 0.15) is 11.4 Å². The molecule has 0 atom stereocenters. The van der Waals surface area contributed by atoms with Gasteiger partial charge in [0.05, 0.1) is 27.1 Å². The summed E-state index contributed by atoms with van der Waals surface area (Å²) >= 11 is 2.59. The number of carbonyl (C=O) groups excluding carboxylic acids is 2. The van der Waals surface area contributed by atoms with E-state index in [1.165, 1.54) is 34.0 Å². The molecule has 1 aliphatic carbocycles. The fourth-order valence-electron chi connectivity index (χ4n) is 3.61. The largest absolute Gasteiger partial charge is 0.444 e. The van der Waals surface area contributed by atoms with Crippen molar-refractivity contribution in [3.63, 3.8) is 0 Å². The molecule has 3 heterocycles. The van der Waals surface area contributed by atoms with E-state index in [1.54, 1.807) is 33.0 Å². The predicted octanol–water partition coefficient (Wildman–Crippen LogP) is 3.10. The van der Waals surface area contributed by atoms with Crippen molar-refractivity contribution < 1.29 is 19.4 Å². The van der Waals surface area contributed by atoms with Gasteiger partial charge in [-0.2, -0.15) is 0 Å². The molecule has 0 unspecified atom stereocenters. The van der Waals surface area contributed by atoms with E-state index in [1.807, 2.05) is 6.20 Å². The number of nitrogens with two attached hydrogens (primary N) is 1. The lowest BCUT2D eigenvalue weighted by Crippen LogP contribution is -2.39. The number of aryl methyl sites for hydroxylation is 1. The first-order valence-electron chi connectivity index (χ1n) is 9.65. The molecule has 3 aromatic heterocycles. The van der Waals surface area contributed by atoms with Crippen LogP contribution in [0.4, 0.5) is 0 Å². The SMILES string of the molecule is CN(CC(C)(C)O)C(=O)c1ccc(Oc2sc(C(N)=O)c3c2-c2sncc2CC3)cn1. The van der Waals surface area contributed by atoms with E-state index in [4.69, 9.17) is 10.5 Å². The van der Waals surface area contributed by atoms with E-state index in [9.17, 15) is 14.7 Å². The highest BCUT2D eigenvalue weighted by atomic mass is 32.1. The number of aromatic nitrogens is 2. The smallest absolute Gasteiger partial charge is 0.272 e. The summed E-state index contributed by atoms with van der Waals surface area (Å²) in [5.41, 5.74) is 7.74. The van der Waals surface area contributed by atoms with Crippen LogP contribution in [-0.4, -0.2) is 50.4 Å². The number of hydrogen-bond donors (Lipinski definition) is 2. The summed E-state index contributed by atoms with van der Waals surface area (Å²) in [6.07, 6.45) is 4.84. The molecule has 3 aromatic rings. The van der Waals surface area contributed by atoms with E-state index in [0.29, 0.717) is 22.1 Å². The number of likely N-dealkylation sites (N-methyl/N-ethyl adjacent to an activating group) is 1. The number of nitrogens with zero attached hydrogens (tertiary/aromatic N) is 3. The molecule has 0 fully saturated rings. The van der Waals surface area contributed by atoms with Crippen LogP contribution in [0.25, 0.3) is 10.4 Å². The van der Waals surface area contributed by atoms with Crippen molar-refractivity contribution in [2.24, 2.45) is 5.73 Å². The summed E-state index contributed by atoms with van der Waals surface area (Å²) < 4.78 is 10.4. The van der Waals surface area contributed by atoms with Gasteiger partial charge in [-0.3, -0.25) is 9.59 Å². The van der Waals surface area contributed by atoms with Crippen LogP contribution in [0.2, 0.25) is 0 Å². The third-order valence-electron chi connectivity index (χ3n) is 4.85. The van der Waals surface area contributed by atoms with Gasteiger partial charge in [0, 0.05) is 19.8 Å². The second kappa shape index (κ2) is 8.03. The maximum absolute atomic E-state index is 12.5. The molecule has 4 rings (SSSR count). The number of hydrogen-bond acceptors (Lipinski definition) is 8. The Kier molecular flexibility index (Phi) is 5.54. The van der Waals surface area contributed by atoms with Crippen molar-refractivity contribution in [3.8, 4) is 21.3 Å². The molecule has 10 heteroatoms. The first-order chi connectivity index (χ1) is 14.6. The molecule has 0 saturated carbocycles. The molecule has 1 aliphatic rings. The van der Waals surface area contributed by atoms with Gasteiger partial charge < -0.3 is 20.5 Å². The van der Waals surface area contributed by atoms with Gasteiger partial charge in [0.25, 0.3) is 11.8 Å². The minimum atomic E-state index is -1.00. The lowest BCUT2D eigenvalue weighted by Gasteiger charge is -2.25. The number of ether oxygens (including phenoxy) is 1. The third-order valence-corrected chi connectivity index (χ3v) is 6.84. The molecule has 0 aliphatic heterocycles. The first-order valence-corrected chi connectivity index (χ1v) is 11.2. The molecule has 31 heavy (non-hydrogen) atoms. The molecule has 162 valence electrons. The van der Waals surface area contributed by atoms with Crippen LogP contribution in [0.1, 0.15) is 45.1 Å². The zero-order chi connectivity index (χ0) is 22.3. The molecule has 0 spiro atoms. The van der Waals surface area contributed by atoms with Crippen molar-refractivity contribution in [2.75, 3.05) is 13.6 Å². The number of rotatable bonds is 6. The highest BCUT2D eigenvalue weighted by molar-refractivity contribution is 7.17. The minimum absolute atomic E-state index is 0.181. The Hall–Kier alpha value is -2.82. The summed E-state index contributed by atoms with van der Waals surface area (Å²) in [6.45, 7) is 3.45.